The lowest BCUT2D eigenvalue weighted by molar-refractivity contribution is -0.145. The van der Waals surface area contributed by atoms with Crippen LogP contribution in [0.4, 0.5) is 0 Å². The molecule has 0 aliphatic rings. The maximum Gasteiger partial charge on any atom is 0.309 e. The van der Waals surface area contributed by atoms with Gasteiger partial charge in [-0.3, -0.25) is 4.79 Å². The highest BCUT2D eigenvalue weighted by atomic mass is 16.5. The molecule has 0 aliphatic carbocycles. The molecule has 0 aliphatic heterocycles. The van der Waals surface area contributed by atoms with Crippen LogP contribution < -0.4 is 4.74 Å². The van der Waals surface area contributed by atoms with Gasteiger partial charge >= 0.3 is 5.97 Å². The zero-order chi connectivity index (χ0) is 27.0. The molecule has 36 heavy (non-hydrogen) atoms. The molecule has 1 aromatic carbocycles. The highest BCUT2D eigenvalue weighted by molar-refractivity contribution is 5.70. The third-order valence-corrected chi connectivity index (χ3v) is 8.16. The summed E-state index contributed by atoms with van der Waals surface area (Å²) in [6.45, 7) is 18.5. The molecule has 0 aromatic heterocycles. The van der Waals surface area contributed by atoms with Gasteiger partial charge in [-0.1, -0.05) is 125 Å². The fraction of sp³-hybridized carbons (Fsp3) is 0.788. The van der Waals surface area contributed by atoms with E-state index in [0.717, 1.165) is 37.9 Å². The molecule has 0 saturated carbocycles. The summed E-state index contributed by atoms with van der Waals surface area (Å²) >= 11 is 0. The van der Waals surface area contributed by atoms with Gasteiger partial charge in [0, 0.05) is 5.56 Å². The van der Waals surface area contributed by atoms with Crippen LogP contribution in [-0.4, -0.2) is 18.7 Å². The lowest BCUT2D eigenvalue weighted by Gasteiger charge is -2.31. The summed E-state index contributed by atoms with van der Waals surface area (Å²) in [6.07, 6.45) is 15.8. The van der Waals surface area contributed by atoms with Crippen molar-refractivity contribution in [3.8, 4) is 5.75 Å². The zero-order valence-corrected chi connectivity index (χ0v) is 25.1. The van der Waals surface area contributed by atoms with Crippen LogP contribution in [0.5, 0.6) is 5.75 Å². The van der Waals surface area contributed by atoms with Crippen molar-refractivity contribution in [2.45, 2.75) is 162 Å². The molecule has 0 radical (unpaired) electrons. The van der Waals surface area contributed by atoms with Crippen LogP contribution >= 0.6 is 0 Å². The third-order valence-electron chi connectivity index (χ3n) is 8.16. The molecule has 0 spiro atoms. The van der Waals surface area contributed by atoms with Crippen LogP contribution in [0, 0.1) is 0 Å². The first kappa shape index (κ1) is 32.5. The van der Waals surface area contributed by atoms with Gasteiger partial charge in [-0.05, 0) is 48.1 Å². The highest BCUT2D eigenvalue weighted by Crippen LogP contribution is 2.39. The molecular weight excluding hydrogens is 444 g/mol. The minimum absolute atomic E-state index is 0.00344. The molecule has 1 rings (SSSR count). The number of ether oxygens (including phenoxy) is 2. The Morgan fingerprint density at radius 2 is 1.33 bits per heavy atom. The molecule has 0 heterocycles. The quantitative estimate of drug-likeness (QED) is 0.131. The summed E-state index contributed by atoms with van der Waals surface area (Å²) in [6, 6.07) is 6.65. The van der Waals surface area contributed by atoms with Gasteiger partial charge in [0.2, 0.25) is 0 Å². The highest BCUT2D eigenvalue weighted by Gasteiger charge is 2.28. The van der Waals surface area contributed by atoms with Crippen molar-refractivity contribution in [1.29, 1.82) is 0 Å². The number of benzene rings is 1. The van der Waals surface area contributed by atoms with Crippen molar-refractivity contribution >= 4 is 5.97 Å². The number of rotatable bonds is 20. The predicted octanol–water partition coefficient (Wildman–Crippen LogP) is 10.1. The fourth-order valence-electron chi connectivity index (χ4n) is 4.45. The molecule has 0 amide bonds. The summed E-state index contributed by atoms with van der Waals surface area (Å²) in [7, 11) is 0. The number of hydrogen-bond donors (Lipinski definition) is 0. The first-order chi connectivity index (χ1) is 17.1. The van der Waals surface area contributed by atoms with Crippen LogP contribution in [0.3, 0.4) is 0 Å². The SMILES string of the molecule is CCCCCCCCCCCCOC(=O)CC(CC)Oc1ccc(C(C)(C)CC)cc1C(C)(C)CC. The molecule has 0 fully saturated rings. The first-order valence-electron chi connectivity index (χ1n) is 15.1. The molecular formula is C33H58O3. The Morgan fingerprint density at radius 1 is 0.778 bits per heavy atom. The van der Waals surface area contributed by atoms with E-state index in [-0.39, 0.29) is 22.9 Å². The summed E-state index contributed by atoms with van der Waals surface area (Å²) in [5, 5.41) is 0. The zero-order valence-electron chi connectivity index (χ0n) is 25.1. The molecule has 0 N–H and O–H groups in total. The standard InChI is InChI=1S/C33H58O3/c1-9-13-14-15-16-17-18-19-20-21-24-35-31(34)26-28(10-2)36-30-23-22-27(32(5,6)11-3)25-29(30)33(7,8)12-4/h22-23,25,28H,9-21,24,26H2,1-8H3. The molecule has 1 aromatic rings. The minimum Gasteiger partial charge on any atom is -0.490 e. The second-order valence-electron chi connectivity index (χ2n) is 11.9. The molecule has 208 valence electrons. The Morgan fingerprint density at radius 3 is 1.86 bits per heavy atom. The lowest BCUT2D eigenvalue weighted by atomic mass is 9.76. The number of esters is 1. The van der Waals surface area contributed by atoms with E-state index in [2.05, 4.69) is 73.6 Å². The van der Waals surface area contributed by atoms with E-state index in [9.17, 15) is 4.79 Å². The number of unbranched alkanes of at least 4 members (excludes halogenated alkanes) is 9. The second kappa shape index (κ2) is 17.1. The molecule has 3 heteroatoms. The summed E-state index contributed by atoms with van der Waals surface area (Å²) in [5.74, 6) is 0.768. The minimum atomic E-state index is -0.165. The Bertz CT molecular complexity index is 734. The van der Waals surface area contributed by atoms with Crippen molar-refractivity contribution in [3.63, 3.8) is 0 Å². The van der Waals surface area contributed by atoms with E-state index in [0.29, 0.717) is 13.0 Å². The predicted molar refractivity (Wildman–Crippen MR) is 155 cm³/mol. The van der Waals surface area contributed by atoms with Crippen molar-refractivity contribution in [2.24, 2.45) is 0 Å². The van der Waals surface area contributed by atoms with E-state index in [4.69, 9.17) is 9.47 Å². The van der Waals surface area contributed by atoms with Crippen molar-refractivity contribution in [1.82, 2.24) is 0 Å². The Hall–Kier alpha value is -1.51. The maximum atomic E-state index is 12.5. The Kier molecular flexibility index (Phi) is 15.4. The van der Waals surface area contributed by atoms with E-state index < -0.39 is 0 Å². The average molecular weight is 503 g/mol. The molecule has 0 bridgehead atoms. The van der Waals surface area contributed by atoms with E-state index in [1.165, 1.54) is 62.5 Å². The summed E-state index contributed by atoms with van der Waals surface area (Å²) in [4.78, 5) is 12.5. The van der Waals surface area contributed by atoms with Gasteiger partial charge < -0.3 is 9.47 Å². The number of carbonyl (C=O) groups excluding carboxylic acids is 1. The maximum absolute atomic E-state index is 12.5. The van der Waals surface area contributed by atoms with Crippen molar-refractivity contribution in [3.05, 3.63) is 29.3 Å². The van der Waals surface area contributed by atoms with Crippen LogP contribution in [0.1, 0.15) is 156 Å². The van der Waals surface area contributed by atoms with Gasteiger partial charge in [0.15, 0.2) is 0 Å². The molecule has 3 nitrogen and oxygen atoms in total. The van der Waals surface area contributed by atoms with Gasteiger partial charge in [0.25, 0.3) is 0 Å². The largest absolute Gasteiger partial charge is 0.490 e. The van der Waals surface area contributed by atoms with Crippen LogP contribution in [-0.2, 0) is 20.4 Å². The Labute approximate surface area is 224 Å². The fourth-order valence-corrected chi connectivity index (χ4v) is 4.45. The molecule has 1 atom stereocenters. The van der Waals surface area contributed by atoms with Crippen molar-refractivity contribution in [2.75, 3.05) is 6.61 Å². The van der Waals surface area contributed by atoms with Gasteiger partial charge in [0.1, 0.15) is 11.9 Å². The average Bonchev–Trinajstić information content (AvgIpc) is 2.86. The van der Waals surface area contributed by atoms with E-state index in [1.54, 1.807) is 0 Å². The smallest absolute Gasteiger partial charge is 0.309 e. The summed E-state index contributed by atoms with van der Waals surface area (Å²) in [5.41, 5.74) is 2.71. The van der Waals surface area contributed by atoms with Gasteiger partial charge in [-0.15, -0.1) is 0 Å². The summed E-state index contributed by atoms with van der Waals surface area (Å²) < 4.78 is 12.0. The normalized spacial score (nSPS) is 13.0. The first-order valence-corrected chi connectivity index (χ1v) is 15.1. The molecule has 0 saturated heterocycles. The van der Waals surface area contributed by atoms with E-state index in [1.807, 2.05) is 0 Å². The Balaban J connectivity index is 2.54. The van der Waals surface area contributed by atoms with Crippen molar-refractivity contribution < 1.29 is 14.3 Å². The van der Waals surface area contributed by atoms with Gasteiger partial charge in [-0.2, -0.15) is 0 Å². The van der Waals surface area contributed by atoms with E-state index >= 15 is 0 Å². The monoisotopic (exact) mass is 502 g/mol. The van der Waals surface area contributed by atoms with Crippen LogP contribution in [0.15, 0.2) is 18.2 Å². The lowest BCUT2D eigenvalue weighted by Crippen LogP contribution is -2.25. The second-order valence-corrected chi connectivity index (χ2v) is 11.9. The van der Waals surface area contributed by atoms with Gasteiger partial charge in [-0.25, -0.2) is 0 Å². The molecule has 1 unspecified atom stereocenters. The third kappa shape index (κ3) is 11.7. The number of carbonyl (C=O) groups is 1. The number of hydrogen-bond acceptors (Lipinski definition) is 3. The van der Waals surface area contributed by atoms with Crippen LogP contribution in [0.25, 0.3) is 0 Å². The van der Waals surface area contributed by atoms with Gasteiger partial charge in [0.05, 0.1) is 13.0 Å². The topological polar surface area (TPSA) is 35.5 Å². The van der Waals surface area contributed by atoms with Crippen LogP contribution in [0.2, 0.25) is 0 Å².